The lowest BCUT2D eigenvalue weighted by molar-refractivity contribution is -0.929. The van der Waals surface area contributed by atoms with E-state index in [-0.39, 0.29) is 82.5 Å². The summed E-state index contributed by atoms with van der Waals surface area (Å²) in [6.45, 7) is 7.54. The number of likely N-dealkylation sites (tertiary alicyclic amines) is 1. The Hall–Kier alpha value is -6.36. The maximum atomic E-state index is 14.5. The number of quaternary nitrogens is 1. The van der Waals surface area contributed by atoms with Gasteiger partial charge in [-0.2, -0.15) is 18.3 Å². The molecule has 0 bridgehead atoms. The normalized spacial score (nSPS) is 20.5. The number of piperazine rings is 2. The van der Waals surface area contributed by atoms with Crippen LogP contribution in [-0.2, 0) is 22.8 Å². The smallest absolute Gasteiger partial charge is 0.433 e. The maximum Gasteiger partial charge on any atom is 0.433 e. The van der Waals surface area contributed by atoms with Gasteiger partial charge in [0, 0.05) is 126 Å². The Labute approximate surface area is 386 Å². The van der Waals surface area contributed by atoms with Crippen LogP contribution < -0.4 is 16.0 Å². The molecule has 4 amide bonds. The van der Waals surface area contributed by atoms with Gasteiger partial charge in [0.2, 0.25) is 5.91 Å². The fraction of sp³-hybridized carbons (Fsp3) is 0.455. The third-order valence-corrected chi connectivity index (χ3v) is 13.8. The highest BCUT2D eigenvalue weighted by molar-refractivity contribution is 6.34. The number of aromatic amines is 2. The molecule has 23 heteroatoms. The van der Waals surface area contributed by atoms with Crippen LogP contribution in [0.1, 0.15) is 49.9 Å². The van der Waals surface area contributed by atoms with E-state index in [0.29, 0.717) is 92.1 Å². The fourth-order valence-electron chi connectivity index (χ4n) is 9.79. The molecule has 0 radical (unpaired) electrons. The van der Waals surface area contributed by atoms with E-state index in [9.17, 15) is 42.3 Å². The molecule has 4 aliphatic rings. The van der Waals surface area contributed by atoms with Gasteiger partial charge in [0.1, 0.15) is 11.4 Å². The van der Waals surface area contributed by atoms with Crippen molar-refractivity contribution < 1.29 is 46.7 Å². The van der Waals surface area contributed by atoms with Crippen molar-refractivity contribution in [1.29, 1.82) is 0 Å². The molecule has 4 aliphatic heterocycles. The van der Waals surface area contributed by atoms with Crippen LogP contribution in [0.5, 0.6) is 0 Å². The van der Waals surface area contributed by atoms with E-state index in [1.807, 2.05) is 0 Å². The number of H-pyrrole nitrogens is 2. The van der Waals surface area contributed by atoms with Gasteiger partial charge in [-0.1, -0.05) is 11.6 Å². The Bertz CT molecular complexity index is 2730. The van der Waals surface area contributed by atoms with E-state index in [0.717, 1.165) is 25.8 Å². The van der Waals surface area contributed by atoms with Crippen molar-refractivity contribution in [3.63, 3.8) is 0 Å². The number of halogens is 4. The van der Waals surface area contributed by atoms with Crippen molar-refractivity contribution in [2.45, 2.75) is 19.0 Å². The van der Waals surface area contributed by atoms with E-state index in [1.54, 1.807) is 20.9 Å². The van der Waals surface area contributed by atoms with Gasteiger partial charge in [0.25, 0.3) is 17.7 Å². The second-order valence-electron chi connectivity index (χ2n) is 17.8. The number of carboxylic acid groups (broad SMARTS) is 1. The Morgan fingerprint density at radius 2 is 1.58 bits per heavy atom. The van der Waals surface area contributed by atoms with E-state index in [1.165, 1.54) is 42.1 Å². The summed E-state index contributed by atoms with van der Waals surface area (Å²) >= 11 is 6.61. The molecule has 5 aromatic rings. The van der Waals surface area contributed by atoms with Crippen LogP contribution in [0.3, 0.4) is 0 Å². The van der Waals surface area contributed by atoms with E-state index < -0.39 is 29.3 Å². The first-order chi connectivity index (χ1) is 32.1. The maximum absolute atomic E-state index is 14.5. The van der Waals surface area contributed by atoms with Crippen LogP contribution in [0, 0.1) is 11.8 Å². The lowest BCUT2D eigenvalue weighted by Crippen LogP contribution is -2.62. The molecular weight excluding hydrogens is 899 g/mol. The number of anilines is 1. The number of benzene rings is 1. The molecular formula is C44H50ClF3N13O6+. The number of carbonyl (C=O) groups is 5. The number of imidazole rings is 1. The Kier molecular flexibility index (Phi) is 12.6. The molecule has 4 fully saturated rings. The van der Waals surface area contributed by atoms with Gasteiger partial charge < -0.3 is 49.8 Å². The van der Waals surface area contributed by atoms with Gasteiger partial charge in [-0.05, 0) is 24.3 Å². The molecule has 354 valence electrons. The summed E-state index contributed by atoms with van der Waals surface area (Å²) in [4.78, 5) is 82.5. The molecule has 9 rings (SSSR count). The molecule has 19 nitrogen and oxygen atoms in total. The predicted molar refractivity (Wildman–Crippen MR) is 238 cm³/mol. The molecule has 0 atom stereocenters. The van der Waals surface area contributed by atoms with E-state index in [2.05, 4.69) is 41.1 Å². The molecule has 67 heavy (non-hydrogen) atoms. The summed E-state index contributed by atoms with van der Waals surface area (Å²) in [5.74, 6) is -2.10. The second kappa shape index (κ2) is 18.4. The average molecular weight is 949 g/mol. The standard InChI is InChI=1S/C44H49ClF3N13O6/c1-57-34(36-37(55-56-38(36)44(46,47)48)33-17-32-29(20-52-33)30(21-51-32)43(67)58-8-6-49-7-9-58)22-53-39(57)40(64)54-27-2-3-28(31(45)16-27)42(66)60-12-10-59(11-13-60)41(65)26-4-14-61(15-5-26,24-35(62)63)23-25-18-50-19-25/h2-3,16-17,20-22,25-26,49-50H,4-15,18-19,23-24H2,1H3,(H3-,51,52,53,54,55,56,62,63,64,66,67)/p+1. The first-order valence-electron chi connectivity index (χ1n) is 22.2. The highest BCUT2D eigenvalue weighted by atomic mass is 35.5. The van der Waals surface area contributed by atoms with Gasteiger partial charge in [-0.25, -0.2) is 9.78 Å². The number of nitrogens with zero attached hydrogens (tertiary/aromatic N) is 8. The summed E-state index contributed by atoms with van der Waals surface area (Å²) in [5.41, 5.74) is -0.504. The molecule has 4 aromatic heterocycles. The van der Waals surface area contributed by atoms with E-state index >= 15 is 0 Å². The molecule has 0 aliphatic carbocycles. The SMILES string of the molecule is Cn1c(-c2c(-c3cc4[nH]cc(C(=O)N5CCNCC5)c4cn3)n[nH]c2C(F)(F)F)cnc1C(=O)Nc1ccc(C(=O)N2CCN(C(=O)C3CC[N+](CC(=O)O)(CC4CNC4)CC3)CC2)c(Cl)c1. The van der Waals surface area contributed by atoms with Gasteiger partial charge >= 0.3 is 12.1 Å². The van der Waals surface area contributed by atoms with Crippen LogP contribution in [-0.4, -0.2) is 175 Å². The highest BCUT2D eigenvalue weighted by Crippen LogP contribution is 2.41. The van der Waals surface area contributed by atoms with Crippen molar-refractivity contribution in [2.75, 3.05) is 96.9 Å². The number of carboxylic acids is 1. The molecule has 0 unspecified atom stereocenters. The number of hydrogen-bond donors (Lipinski definition) is 6. The number of piperidine rings is 1. The van der Waals surface area contributed by atoms with Gasteiger partial charge in [-0.3, -0.25) is 29.3 Å². The second-order valence-corrected chi connectivity index (χ2v) is 18.2. The number of rotatable bonds is 11. The van der Waals surface area contributed by atoms with Crippen molar-refractivity contribution in [3.8, 4) is 22.6 Å². The summed E-state index contributed by atoms with van der Waals surface area (Å²) in [7, 11) is 1.39. The lowest BCUT2D eigenvalue weighted by Gasteiger charge is -2.46. The number of hydrogen-bond acceptors (Lipinski definition) is 10. The number of aliphatic carboxylic acids is 1. The van der Waals surface area contributed by atoms with Crippen molar-refractivity contribution in [1.82, 2.24) is 55.0 Å². The number of alkyl halides is 3. The van der Waals surface area contributed by atoms with Gasteiger partial charge in [0.15, 0.2) is 12.4 Å². The van der Waals surface area contributed by atoms with E-state index in [4.69, 9.17) is 11.6 Å². The lowest BCUT2D eigenvalue weighted by atomic mass is 9.90. The summed E-state index contributed by atoms with van der Waals surface area (Å²) in [6, 6.07) is 5.85. The largest absolute Gasteiger partial charge is 0.477 e. The Morgan fingerprint density at radius 3 is 2.24 bits per heavy atom. The van der Waals surface area contributed by atoms with Crippen LogP contribution >= 0.6 is 11.6 Å². The van der Waals surface area contributed by atoms with Crippen LogP contribution in [0.15, 0.2) is 42.9 Å². The molecule has 0 saturated carbocycles. The Morgan fingerprint density at radius 1 is 0.896 bits per heavy atom. The zero-order chi connectivity index (χ0) is 47.2. The molecule has 1 aromatic carbocycles. The number of pyridine rings is 1. The number of nitrogens with one attached hydrogen (secondary N) is 5. The zero-order valence-electron chi connectivity index (χ0n) is 36.6. The monoisotopic (exact) mass is 948 g/mol. The number of amides is 4. The molecule has 4 saturated heterocycles. The van der Waals surface area contributed by atoms with Crippen LogP contribution in [0.2, 0.25) is 5.02 Å². The first kappa shape index (κ1) is 45.8. The topological polar surface area (TPSA) is 227 Å². The van der Waals surface area contributed by atoms with Crippen molar-refractivity contribution in [3.05, 3.63) is 70.5 Å². The molecule has 6 N–H and O–H groups in total. The minimum atomic E-state index is -4.88. The van der Waals surface area contributed by atoms with Crippen LogP contribution in [0.4, 0.5) is 18.9 Å². The van der Waals surface area contributed by atoms with Crippen molar-refractivity contribution >= 4 is 57.8 Å². The predicted octanol–water partition coefficient (Wildman–Crippen LogP) is 3.14. The number of fused-ring (bicyclic) bond motifs is 1. The summed E-state index contributed by atoms with van der Waals surface area (Å²) in [5, 5.41) is 25.4. The number of aromatic nitrogens is 6. The van der Waals surface area contributed by atoms with Crippen LogP contribution in [0.25, 0.3) is 33.5 Å². The fourth-order valence-corrected chi connectivity index (χ4v) is 10.0. The molecule has 8 heterocycles. The minimum Gasteiger partial charge on any atom is -0.477 e. The average Bonchev–Trinajstić information content (AvgIpc) is 4.04. The third-order valence-electron chi connectivity index (χ3n) is 13.5. The highest BCUT2D eigenvalue weighted by Gasteiger charge is 2.43. The van der Waals surface area contributed by atoms with Gasteiger partial charge in [-0.15, -0.1) is 0 Å². The summed E-state index contributed by atoms with van der Waals surface area (Å²) in [6.07, 6.45) is 0.450. The van der Waals surface area contributed by atoms with Gasteiger partial charge in [0.05, 0.1) is 58.9 Å². The van der Waals surface area contributed by atoms with Crippen molar-refractivity contribution in [2.24, 2.45) is 18.9 Å². The Balaban J connectivity index is 0.843. The molecule has 0 spiro atoms. The zero-order valence-corrected chi connectivity index (χ0v) is 37.3. The summed E-state index contributed by atoms with van der Waals surface area (Å²) < 4.78 is 45.2. The quantitative estimate of drug-likeness (QED) is 0.106. The minimum absolute atomic E-state index is 0.0240. The number of carbonyl (C=O) groups excluding carboxylic acids is 4. The third kappa shape index (κ3) is 9.21. The first-order valence-corrected chi connectivity index (χ1v) is 22.6.